The van der Waals surface area contributed by atoms with E-state index in [1.54, 1.807) is 0 Å². The number of rotatable bonds is 10. The van der Waals surface area contributed by atoms with Crippen LogP contribution in [0.15, 0.2) is 0 Å². The van der Waals surface area contributed by atoms with Crippen molar-refractivity contribution in [3.63, 3.8) is 0 Å². The lowest BCUT2D eigenvalue weighted by molar-refractivity contribution is 0.0769. The molecule has 1 aliphatic heterocycles. The number of hydrogen-bond acceptors (Lipinski definition) is 4. The molecule has 1 N–H and O–H groups in total. The Morgan fingerprint density at radius 3 is 2.50 bits per heavy atom. The summed E-state index contributed by atoms with van der Waals surface area (Å²) in [7, 11) is 4.36. The van der Waals surface area contributed by atoms with Crippen molar-refractivity contribution in [1.82, 2.24) is 15.1 Å². The third-order valence-corrected chi connectivity index (χ3v) is 3.88. The van der Waals surface area contributed by atoms with Crippen LogP contribution in [0.25, 0.3) is 0 Å². The van der Waals surface area contributed by atoms with Crippen LogP contribution in [-0.2, 0) is 4.74 Å². The molecular weight excluding hydrogens is 250 g/mol. The Balaban J connectivity index is 1.91. The van der Waals surface area contributed by atoms with Gasteiger partial charge in [-0.25, -0.2) is 0 Å². The molecule has 0 bridgehead atoms. The normalized spacial score (nSPS) is 18.3. The van der Waals surface area contributed by atoms with Gasteiger partial charge < -0.3 is 19.9 Å². The lowest BCUT2D eigenvalue weighted by Gasteiger charge is -2.33. The minimum atomic E-state index is 0.360. The van der Waals surface area contributed by atoms with Gasteiger partial charge in [0.25, 0.3) is 0 Å². The molecule has 20 heavy (non-hydrogen) atoms. The monoisotopic (exact) mass is 285 g/mol. The van der Waals surface area contributed by atoms with Crippen LogP contribution in [0.3, 0.4) is 0 Å². The zero-order valence-electron chi connectivity index (χ0n) is 14.0. The van der Waals surface area contributed by atoms with Gasteiger partial charge in [0.2, 0.25) is 0 Å². The van der Waals surface area contributed by atoms with Gasteiger partial charge in [-0.05, 0) is 72.8 Å². The van der Waals surface area contributed by atoms with Gasteiger partial charge in [-0.3, -0.25) is 0 Å². The molecule has 0 atom stereocenters. The van der Waals surface area contributed by atoms with Crippen molar-refractivity contribution >= 4 is 0 Å². The Hall–Kier alpha value is -0.160. The standard InChI is InChI=1S/C16H35N3O/c1-15(2)20-13-5-8-17-9-12-19-10-6-16(7-11-19)14-18(3)4/h15-17H,5-14H2,1-4H3. The summed E-state index contributed by atoms with van der Waals surface area (Å²) >= 11 is 0. The number of nitrogens with zero attached hydrogens (tertiary/aromatic N) is 2. The second-order valence-electron chi connectivity index (χ2n) is 6.57. The van der Waals surface area contributed by atoms with Crippen LogP contribution in [0, 0.1) is 5.92 Å². The molecule has 0 radical (unpaired) electrons. The Morgan fingerprint density at radius 2 is 1.90 bits per heavy atom. The van der Waals surface area contributed by atoms with Crippen molar-refractivity contribution in [1.29, 1.82) is 0 Å². The van der Waals surface area contributed by atoms with Crippen LogP contribution in [0.2, 0.25) is 0 Å². The van der Waals surface area contributed by atoms with Gasteiger partial charge in [-0.15, -0.1) is 0 Å². The summed E-state index contributed by atoms with van der Waals surface area (Å²) in [5.74, 6) is 0.905. The van der Waals surface area contributed by atoms with E-state index in [9.17, 15) is 0 Å². The Kier molecular flexibility index (Phi) is 9.44. The molecule has 0 aliphatic carbocycles. The van der Waals surface area contributed by atoms with Gasteiger partial charge in [0.05, 0.1) is 6.10 Å². The van der Waals surface area contributed by atoms with E-state index in [2.05, 4.69) is 43.1 Å². The molecule has 0 aromatic heterocycles. The summed E-state index contributed by atoms with van der Waals surface area (Å²) in [6, 6.07) is 0. The van der Waals surface area contributed by atoms with Crippen molar-refractivity contribution in [3.05, 3.63) is 0 Å². The minimum Gasteiger partial charge on any atom is -0.379 e. The molecule has 1 saturated heterocycles. The Labute approximate surface area is 125 Å². The van der Waals surface area contributed by atoms with Crippen LogP contribution in [0.5, 0.6) is 0 Å². The fourth-order valence-electron chi connectivity index (χ4n) is 2.79. The van der Waals surface area contributed by atoms with Crippen molar-refractivity contribution in [2.45, 2.75) is 39.2 Å². The third-order valence-electron chi connectivity index (χ3n) is 3.88. The predicted molar refractivity (Wildman–Crippen MR) is 86.3 cm³/mol. The quantitative estimate of drug-likeness (QED) is 0.618. The Bertz CT molecular complexity index is 226. The summed E-state index contributed by atoms with van der Waals surface area (Å²) in [5, 5.41) is 3.52. The minimum absolute atomic E-state index is 0.360. The fraction of sp³-hybridized carbons (Fsp3) is 1.00. The fourth-order valence-corrected chi connectivity index (χ4v) is 2.79. The maximum atomic E-state index is 5.53. The highest BCUT2D eigenvalue weighted by molar-refractivity contribution is 4.74. The summed E-state index contributed by atoms with van der Waals surface area (Å²) in [6.07, 6.45) is 4.20. The molecule has 0 amide bonds. The molecule has 120 valence electrons. The Morgan fingerprint density at radius 1 is 1.20 bits per heavy atom. The first-order chi connectivity index (χ1) is 9.58. The molecule has 4 heteroatoms. The van der Waals surface area contributed by atoms with E-state index in [4.69, 9.17) is 4.74 Å². The SMILES string of the molecule is CC(C)OCCCNCCN1CCC(CN(C)C)CC1. The van der Waals surface area contributed by atoms with Crippen LogP contribution >= 0.6 is 0 Å². The van der Waals surface area contributed by atoms with Crippen molar-refractivity contribution in [3.8, 4) is 0 Å². The molecule has 0 unspecified atom stereocenters. The second kappa shape index (κ2) is 10.6. The van der Waals surface area contributed by atoms with Crippen LogP contribution < -0.4 is 5.32 Å². The van der Waals surface area contributed by atoms with Crippen LogP contribution in [0.4, 0.5) is 0 Å². The molecule has 0 aromatic carbocycles. The smallest absolute Gasteiger partial charge is 0.0518 e. The largest absolute Gasteiger partial charge is 0.379 e. The first-order valence-corrected chi connectivity index (χ1v) is 8.27. The number of ether oxygens (including phenoxy) is 1. The van der Waals surface area contributed by atoms with Crippen molar-refractivity contribution < 1.29 is 4.74 Å². The summed E-state index contributed by atoms with van der Waals surface area (Å²) < 4.78 is 5.53. The predicted octanol–water partition coefficient (Wildman–Crippen LogP) is 1.66. The van der Waals surface area contributed by atoms with Gasteiger partial charge in [0.15, 0.2) is 0 Å². The molecule has 1 aliphatic rings. The van der Waals surface area contributed by atoms with Gasteiger partial charge in [-0.2, -0.15) is 0 Å². The highest BCUT2D eigenvalue weighted by atomic mass is 16.5. The van der Waals surface area contributed by atoms with E-state index in [-0.39, 0.29) is 0 Å². The number of piperidine rings is 1. The molecule has 0 aromatic rings. The molecule has 1 fully saturated rings. The number of likely N-dealkylation sites (tertiary alicyclic amines) is 1. The van der Waals surface area contributed by atoms with Crippen LogP contribution in [0.1, 0.15) is 33.1 Å². The van der Waals surface area contributed by atoms with E-state index < -0.39 is 0 Å². The zero-order chi connectivity index (χ0) is 14.8. The van der Waals surface area contributed by atoms with E-state index in [1.807, 2.05) is 0 Å². The lowest BCUT2D eigenvalue weighted by atomic mass is 9.96. The number of nitrogens with one attached hydrogen (secondary N) is 1. The van der Waals surface area contributed by atoms with Gasteiger partial charge in [0, 0.05) is 26.2 Å². The maximum Gasteiger partial charge on any atom is 0.0518 e. The summed E-state index contributed by atoms with van der Waals surface area (Å²) in [6.45, 7) is 12.2. The van der Waals surface area contributed by atoms with Crippen molar-refractivity contribution in [2.75, 3.05) is 60.0 Å². The molecule has 0 spiro atoms. The van der Waals surface area contributed by atoms with E-state index >= 15 is 0 Å². The van der Waals surface area contributed by atoms with Gasteiger partial charge in [0.1, 0.15) is 0 Å². The molecule has 0 saturated carbocycles. The van der Waals surface area contributed by atoms with E-state index in [1.165, 1.54) is 39.0 Å². The van der Waals surface area contributed by atoms with Crippen LogP contribution in [-0.4, -0.2) is 75.9 Å². The molecule has 1 heterocycles. The highest BCUT2D eigenvalue weighted by Gasteiger charge is 2.18. The molecule has 4 nitrogen and oxygen atoms in total. The van der Waals surface area contributed by atoms with E-state index in [0.717, 1.165) is 32.0 Å². The van der Waals surface area contributed by atoms with E-state index in [0.29, 0.717) is 6.10 Å². The van der Waals surface area contributed by atoms with Gasteiger partial charge >= 0.3 is 0 Å². The first kappa shape index (κ1) is 17.9. The zero-order valence-corrected chi connectivity index (χ0v) is 14.0. The third kappa shape index (κ3) is 8.90. The highest BCUT2D eigenvalue weighted by Crippen LogP contribution is 2.17. The molecule has 1 rings (SSSR count). The van der Waals surface area contributed by atoms with Gasteiger partial charge in [-0.1, -0.05) is 0 Å². The average Bonchev–Trinajstić information content (AvgIpc) is 2.38. The molecular formula is C16H35N3O. The first-order valence-electron chi connectivity index (χ1n) is 8.27. The average molecular weight is 285 g/mol. The van der Waals surface area contributed by atoms with Crippen molar-refractivity contribution in [2.24, 2.45) is 5.92 Å². The topological polar surface area (TPSA) is 27.7 Å². The summed E-state index contributed by atoms with van der Waals surface area (Å²) in [4.78, 5) is 4.92. The summed E-state index contributed by atoms with van der Waals surface area (Å²) in [5.41, 5.74) is 0. The maximum absolute atomic E-state index is 5.53. The second-order valence-corrected chi connectivity index (χ2v) is 6.57. The number of hydrogen-bond donors (Lipinski definition) is 1. The lowest BCUT2D eigenvalue weighted by Crippen LogP contribution is -2.40.